The van der Waals surface area contributed by atoms with Crippen molar-refractivity contribution in [2.75, 3.05) is 13.1 Å². The Labute approximate surface area is 102 Å². The fourth-order valence-corrected chi connectivity index (χ4v) is 4.05. The summed E-state index contributed by atoms with van der Waals surface area (Å²) < 4.78 is 0. The highest BCUT2D eigenvalue weighted by Gasteiger charge is 2.34. The molecule has 1 saturated carbocycles. The number of hydrogen-bond acceptors (Lipinski definition) is 1. The predicted octanol–water partition coefficient (Wildman–Crippen LogP) is 3.93. The molecule has 0 N–H and O–H groups in total. The van der Waals surface area contributed by atoms with Gasteiger partial charge in [-0.05, 0) is 62.9 Å². The quantitative estimate of drug-likeness (QED) is 0.700. The smallest absolute Gasteiger partial charge is 0.00981 e. The average molecular weight is 223 g/mol. The molecule has 0 bridgehead atoms. The van der Waals surface area contributed by atoms with E-state index in [0.717, 1.165) is 23.8 Å². The molecule has 94 valence electrons. The molecule has 1 heterocycles. The van der Waals surface area contributed by atoms with E-state index >= 15 is 0 Å². The van der Waals surface area contributed by atoms with Gasteiger partial charge >= 0.3 is 0 Å². The normalized spacial score (nSPS) is 37.1. The topological polar surface area (TPSA) is 3.24 Å². The van der Waals surface area contributed by atoms with Crippen LogP contribution in [-0.4, -0.2) is 24.0 Å². The molecule has 0 aromatic heterocycles. The first-order valence-corrected chi connectivity index (χ1v) is 7.46. The summed E-state index contributed by atoms with van der Waals surface area (Å²) >= 11 is 0. The van der Waals surface area contributed by atoms with Crippen molar-refractivity contribution in [2.45, 2.75) is 65.3 Å². The van der Waals surface area contributed by atoms with Gasteiger partial charge in [0.1, 0.15) is 0 Å². The van der Waals surface area contributed by atoms with Gasteiger partial charge in [0.2, 0.25) is 0 Å². The van der Waals surface area contributed by atoms with E-state index in [4.69, 9.17) is 0 Å². The van der Waals surface area contributed by atoms with Crippen molar-refractivity contribution in [2.24, 2.45) is 17.8 Å². The standard InChI is InChI=1S/C15H29N/c1-4-13-11-14(16-9-5-6-10-16)7-8-15(13)12(2)3/h12-15H,4-11H2,1-3H3. The Kier molecular flexibility index (Phi) is 4.29. The Balaban J connectivity index is 1.91. The van der Waals surface area contributed by atoms with Gasteiger partial charge in [0.05, 0.1) is 0 Å². The van der Waals surface area contributed by atoms with Crippen molar-refractivity contribution < 1.29 is 0 Å². The van der Waals surface area contributed by atoms with Gasteiger partial charge < -0.3 is 4.90 Å². The Bertz CT molecular complexity index is 205. The van der Waals surface area contributed by atoms with Crippen molar-refractivity contribution >= 4 is 0 Å². The summed E-state index contributed by atoms with van der Waals surface area (Å²) in [5.41, 5.74) is 0. The minimum Gasteiger partial charge on any atom is -0.300 e. The molecule has 1 nitrogen and oxygen atoms in total. The highest BCUT2D eigenvalue weighted by molar-refractivity contribution is 4.87. The molecule has 1 heteroatoms. The van der Waals surface area contributed by atoms with Crippen LogP contribution in [0.2, 0.25) is 0 Å². The second-order valence-corrected chi connectivity index (χ2v) is 6.29. The van der Waals surface area contributed by atoms with Crippen LogP contribution >= 0.6 is 0 Å². The molecule has 1 aliphatic carbocycles. The maximum absolute atomic E-state index is 2.78. The monoisotopic (exact) mass is 223 g/mol. The van der Waals surface area contributed by atoms with E-state index < -0.39 is 0 Å². The summed E-state index contributed by atoms with van der Waals surface area (Å²) in [5.74, 6) is 2.90. The van der Waals surface area contributed by atoms with Gasteiger partial charge in [-0.3, -0.25) is 0 Å². The molecule has 3 atom stereocenters. The first-order chi connectivity index (χ1) is 7.72. The minimum absolute atomic E-state index is 0.893. The SMILES string of the molecule is CCC1CC(N2CCCC2)CCC1C(C)C. The fraction of sp³-hybridized carbons (Fsp3) is 1.00. The lowest BCUT2D eigenvalue weighted by Gasteiger charge is -2.41. The molecule has 1 saturated heterocycles. The summed E-state index contributed by atoms with van der Waals surface area (Å²) in [6.45, 7) is 10.0. The summed E-state index contributed by atoms with van der Waals surface area (Å²) in [6.07, 6.45) is 8.73. The Morgan fingerprint density at radius 3 is 2.38 bits per heavy atom. The van der Waals surface area contributed by atoms with E-state index in [0.29, 0.717) is 0 Å². The lowest BCUT2D eigenvalue weighted by molar-refractivity contribution is 0.0897. The van der Waals surface area contributed by atoms with Crippen molar-refractivity contribution in [1.29, 1.82) is 0 Å². The van der Waals surface area contributed by atoms with Crippen LogP contribution in [0.25, 0.3) is 0 Å². The summed E-state index contributed by atoms with van der Waals surface area (Å²) in [7, 11) is 0. The van der Waals surface area contributed by atoms with Gasteiger partial charge in [-0.15, -0.1) is 0 Å². The van der Waals surface area contributed by atoms with E-state index in [1.807, 2.05) is 0 Å². The Morgan fingerprint density at radius 2 is 1.81 bits per heavy atom. The Morgan fingerprint density at radius 1 is 1.12 bits per heavy atom. The van der Waals surface area contributed by atoms with Crippen LogP contribution in [0, 0.1) is 17.8 Å². The van der Waals surface area contributed by atoms with E-state index in [2.05, 4.69) is 25.7 Å². The van der Waals surface area contributed by atoms with Crippen LogP contribution in [0.1, 0.15) is 59.3 Å². The molecule has 0 spiro atoms. The molecule has 3 unspecified atom stereocenters. The molecule has 0 radical (unpaired) electrons. The molecule has 2 fully saturated rings. The third-order valence-corrected chi connectivity index (χ3v) is 5.05. The fourth-order valence-electron chi connectivity index (χ4n) is 4.05. The highest BCUT2D eigenvalue weighted by atomic mass is 15.2. The number of hydrogen-bond donors (Lipinski definition) is 0. The van der Waals surface area contributed by atoms with E-state index in [-0.39, 0.29) is 0 Å². The first kappa shape index (κ1) is 12.4. The van der Waals surface area contributed by atoms with Gasteiger partial charge in [0.25, 0.3) is 0 Å². The lowest BCUT2D eigenvalue weighted by Crippen LogP contribution is -2.40. The zero-order valence-corrected chi connectivity index (χ0v) is 11.4. The molecule has 2 aliphatic rings. The zero-order valence-electron chi connectivity index (χ0n) is 11.4. The zero-order chi connectivity index (χ0) is 11.5. The van der Waals surface area contributed by atoms with Gasteiger partial charge in [-0.25, -0.2) is 0 Å². The molecule has 16 heavy (non-hydrogen) atoms. The maximum Gasteiger partial charge on any atom is 0.00981 e. The van der Waals surface area contributed by atoms with Crippen molar-refractivity contribution in [3.05, 3.63) is 0 Å². The summed E-state index contributed by atoms with van der Waals surface area (Å²) in [6, 6.07) is 0.933. The summed E-state index contributed by atoms with van der Waals surface area (Å²) in [4.78, 5) is 2.78. The van der Waals surface area contributed by atoms with E-state index in [9.17, 15) is 0 Å². The molecular weight excluding hydrogens is 194 g/mol. The number of nitrogens with zero attached hydrogens (tertiary/aromatic N) is 1. The van der Waals surface area contributed by atoms with Gasteiger partial charge in [-0.2, -0.15) is 0 Å². The van der Waals surface area contributed by atoms with Gasteiger partial charge in [-0.1, -0.05) is 27.2 Å². The van der Waals surface area contributed by atoms with Crippen molar-refractivity contribution in [1.82, 2.24) is 4.90 Å². The van der Waals surface area contributed by atoms with Crippen LogP contribution in [0.15, 0.2) is 0 Å². The third-order valence-electron chi connectivity index (χ3n) is 5.05. The van der Waals surface area contributed by atoms with Crippen LogP contribution in [-0.2, 0) is 0 Å². The number of likely N-dealkylation sites (tertiary alicyclic amines) is 1. The molecule has 2 rings (SSSR count). The maximum atomic E-state index is 2.78. The van der Waals surface area contributed by atoms with Crippen LogP contribution in [0.3, 0.4) is 0 Å². The second kappa shape index (κ2) is 5.53. The van der Waals surface area contributed by atoms with Crippen molar-refractivity contribution in [3.63, 3.8) is 0 Å². The predicted molar refractivity (Wildman–Crippen MR) is 70.6 cm³/mol. The third kappa shape index (κ3) is 2.61. The average Bonchev–Trinajstić information content (AvgIpc) is 2.81. The minimum atomic E-state index is 0.893. The lowest BCUT2D eigenvalue weighted by atomic mass is 9.70. The molecule has 0 aromatic rings. The first-order valence-electron chi connectivity index (χ1n) is 7.46. The number of rotatable bonds is 3. The second-order valence-electron chi connectivity index (χ2n) is 6.29. The van der Waals surface area contributed by atoms with Crippen LogP contribution in [0.4, 0.5) is 0 Å². The van der Waals surface area contributed by atoms with E-state index in [1.54, 1.807) is 0 Å². The largest absolute Gasteiger partial charge is 0.300 e. The highest BCUT2D eigenvalue weighted by Crippen LogP contribution is 2.39. The van der Waals surface area contributed by atoms with Gasteiger partial charge in [0, 0.05) is 6.04 Å². The molecule has 1 aliphatic heterocycles. The summed E-state index contributed by atoms with van der Waals surface area (Å²) in [5, 5.41) is 0. The van der Waals surface area contributed by atoms with Crippen LogP contribution < -0.4 is 0 Å². The van der Waals surface area contributed by atoms with Crippen molar-refractivity contribution in [3.8, 4) is 0 Å². The molecule has 0 aromatic carbocycles. The van der Waals surface area contributed by atoms with Gasteiger partial charge in [0.15, 0.2) is 0 Å². The Hall–Kier alpha value is -0.0400. The molecular formula is C15H29N. The van der Waals surface area contributed by atoms with Crippen LogP contribution in [0.5, 0.6) is 0 Å². The molecule has 0 amide bonds. The van der Waals surface area contributed by atoms with E-state index in [1.165, 1.54) is 51.6 Å².